The molecule has 2 nitrogen and oxygen atoms in total. The van der Waals surface area contributed by atoms with Gasteiger partial charge in [0, 0.05) is 12.0 Å². The predicted octanol–water partition coefficient (Wildman–Crippen LogP) is 2.87. The highest BCUT2D eigenvalue weighted by Gasteiger charge is 2.10. The van der Waals surface area contributed by atoms with E-state index < -0.39 is 6.10 Å². The molecule has 0 bridgehead atoms. The molecule has 0 aromatic heterocycles. The van der Waals surface area contributed by atoms with E-state index in [0.717, 1.165) is 5.56 Å². The summed E-state index contributed by atoms with van der Waals surface area (Å²) in [4.78, 5) is 0. The summed E-state index contributed by atoms with van der Waals surface area (Å²) in [5, 5.41) is 9.71. The number of hydrogen-bond acceptors (Lipinski definition) is 2. The molecule has 0 amide bonds. The first-order valence-electron chi connectivity index (χ1n) is 5.25. The van der Waals surface area contributed by atoms with Crippen LogP contribution in [0.15, 0.2) is 24.3 Å². The maximum Gasteiger partial charge on any atom is 0.125 e. The molecule has 84 valence electrons. The van der Waals surface area contributed by atoms with Crippen LogP contribution < -0.4 is 4.74 Å². The van der Waals surface area contributed by atoms with Crippen molar-refractivity contribution in [3.8, 4) is 5.75 Å². The molecule has 1 aromatic carbocycles. The van der Waals surface area contributed by atoms with E-state index in [2.05, 4.69) is 0 Å². The average molecular weight is 212 g/mol. The quantitative estimate of drug-likeness (QED) is 0.735. The fourth-order valence-electron chi connectivity index (χ4n) is 1.34. The van der Waals surface area contributed by atoms with E-state index >= 15 is 0 Å². The molecule has 0 saturated carbocycles. The van der Waals surface area contributed by atoms with E-state index in [0.29, 0.717) is 25.2 Å². The lowest BCUT2D eigenvalue weighted by molar-refractivity contribution is 0.166. The van der Waals surface area contributed by atoms with Crippen LogP contribution in [0.1, 0.15) is 31.4 Å². The van der Waals surface area contributed by atoms with Crippen molar-refractivity contribution in [1.29, 1.82) is 0 Å². The molecular formula is C12H17FO2. The third kappa shape index (κ3) is 3.51. The number of aliphatic hydroxyl groups is 1. The number of para-hydroxylation sites is 1. The fraction of sp³-hybridized carbons (Fsp3) is 0.500. The van der Waals surface area contributed by atoms with Crippen LogP contribution in [0.2, 0.25) is 0 Å². The first kappa shape index (κ1) is 12.0. The number of alkyl halides is 1. The first-order chi connectivity index (χ1) is 7.29. The van der Waals surface area contributed by atoms with Crippen LogP contribution in [0, 0.1) is 0 Å². The van der Waals surface area contributed by atoms with Crippen molar-refractivity contribution in [3.63, 3.8) is 0 Å². The average Bonchev–Trinajstić information content (AvgIpc) is 2.29. The monoisotopic (exact) mass is 212 g/mol. The standard InChI is InChI=1S/C12H17FO2/c1-2-11(14)10-6-3-4-7-12(10)15-9-5-8-13/h3-4,6-7,11,14H,2,5,8-9H2,1H3/t11-/m1/s1. The largest absolute Gasteiger partial charge is 0.493 e. The molecule has 0 saturated heterocycles. The lowest BCUT2D eigenvalue weighted by atomic mass is 10.1. The summed E-state index contributed by atoms with van der Waals surface area (Å²) in [5.41, 5.74) is 0.777. The Morgan fingerprint density at radius 2 is 2.13 bits per heavy atom. The molecule has 0 aliphatic carbocycles. The summed E-state index contributed by atoms with van der Waals surface area (Å²) in [6.45, 7) is 1.88. The van der Waals surface area contributed by atoms with Crippen LogP contribution in [0.3, 0.4) is 0 Å². The van der Waals surface area contributed by atoms with Crippen molar-refractivity contribution >= 4 is 0 Å². The Balaban J connectivity index is 2.68. The summed E-state index contributed by atoms with van der Waals surface area (Å²) >= 11 is 0. The number of benzene rings is 1. The zero-order chi connectivity index (χ0) is 11.1. The highest BCUT2D eigenvalue weighted by atomic mass is 19.1. The minimum absolute atomic E-state index is 0.351. The summed E-state index contributed by atoms with van der Waals surface area (Å²) < 4.78 is 17.3. The van der Waals surface area contributed by atoms with Crippen molar-refractivity contribution in [2.45, 2.75) is 25.9 Å². The molecule has 0 aliphatic rings. The van der Waals surface area contributed by atoms with Crippen molar-refractivity contribution in [2.75, 3.05) is 13.3 Å². The van der Waals surface area contributed by atoms with Crippen LogP contribution in [-0.2, 0) is 0 Å². The zero-order valence-electron chi connectivity index (χ0n) is 8.95. The fourth-order valence-corrected chi connectivity index (χ4v) is 1.34. The van der Waals surface area contributed by atoms with Gasteiger partial charge in [-0.05, 0) is 12.5 Å². The SMILES string of the molecule is CC[C@@H](O)c1ccccc1OCCCF. The van der Waals surface area contributed by atoms with Crippen molar-refractivity contribution in [3.05, 3.63) is 29.8 Å². The van der Waals surface area contributed by atoms with Crippen molar-refractivity contribution in [2.24, 2.45) is 0 Å². The molecular weight excluding hydrogens is 195 g/mol. The van der Waals surface area contributed by atoms with Crippen molar-refractivity contribution < 1.29 is 14.2 Å². The third-order valence-electron chi connectivity index (χ3n) is 2.20. The third-order valence-corrected chi connectivity index (χ3v) is 2.20. The van der Waals surface area contributed by atoms with Gasteiger partial charge < -0.3 is 9.84 Å². The van der Waals surface area contributed by atoms with E-state index in [1.165, 1.54) is 0 Å². The lowest BCUT2D eigenvalue weighted by Gasteiger charge is -2.14. The predicted molar refractivity (Wildman–Crippen MR) is 57.8 cm³/mol. The zero-order valence-corrected chi connectivity index (χ0v) is 8.95. The molecule has 3 heteroatoms. The minimum atomic E-state index is -0.508. The van der Waals surface area contributed by atoms with Crippen LogP contribution in [0.5, 0.6) is 5.75 Å². The maximum atomic E-state index is 11.9. The topological polar surface area (TPSA) is 29.5 Å². The van der Waals surface area contributed by atoms with Gasteiger partial charge in [-0.3, -0.25) is 4.39 Å². The maximum absolute atomic E-state index is 11.9. The Morgan fingerprint density at radius 3 is 2.80 bits per heavy atom. The lowest BCUT2D eigenvalue weighted by Crippen LogP contribution is -2.03. The van der Waals surface area contributed by atoms with Gasteiger partial charge in [0.05, 0.1) is 19.4 Å². The van der Waals surface area contributed by atoms with E-state index in [9.17, 15) is 9.50 Å². The second-order valence-corrected chi connectivity index (χ2v) is 3.35. The van der Waals surface area contributed by atoms with Crippen LogP contribution in [-0.4, -0.2) is 18.4 Å². The van der Waals surface area contributed by atoms with Gasteiger partial charge in [0.2, 0.25) is 0 Å². The second kappa shape index (κ2) is 6.40. The highest BCUT2D eigenvalue weighted by molar-refractivity contribution is 5.34. The van der Waals surface area contributed by atoms with E-state index in [1.807, 2.05) is 25.1 Å². The minimum Gasteiger partial charge on any atom is -0.493 e. The molecule has 1 rings (SSSR count). The smallest absolute Gasteiger partial charge is 0.125 e. The van der Waals surface area contributed by atoms with E-state index in [-0.39, 0.29) is 6.67 Å². The molecule has 0 heterocycles. The molecule has 0 unspecified atom stereocenters. The van der Waals surface area contributed by atoms with E-state index in [1.54, 1.807) is 6.07 Å². The van der Waals surface area contributed by atoms with E-state index in [4.69, 9.17) is 4.74 Å². The Bertz CT molecular complexity index is 289. The Hall–Kier alpha value is -1.09. The number of aliphatic hydroxyl groups excluding tert-OH is 1. The van der Waals surface area contributed by atoms with Crippen LogP contribution in [0.25, 0.3) is 0 Å². The molecule has 0 spiro atoms. The van der Waals surface area contributed by atoms with Crippen LogP contribution in [0.4, 0.5) is 4.39 Å². The molecule has 0 radical (unpaired) electrons. The molecule has 1 aromatic rings. The van der Waals surface area contributed by atoms with Gasteiger partial charge in [0.15, 0.2) is 0 Å². The van der Waals surface area contributed by atoms with Gasteiger partial charge in [-0.1, -0.05) is 25.1 Å². The Morgan fingerprint density at radius 1 is 1.40 bits per heavy atom. The summed E-state index contributed by atoms with van der Waals surface area (Å²) in [5.74, 6) is 0.653. The summed E-state index contributed by atoms with van der Waals surface area (Å²) in [6.07, 6.45) is 0.520. The van der Waals surface area contributed by atoms with Gasteiger partial charge >= 0.3 is 0 Å². The first-order valence-corrected chi connectivity index (χ1v) is 5.25. The molecule has 15 heavy (non-hydrogen) atoms. The van der Waals surface area contributed by atoms with Gasteiger partial charge in [0.25, 0.3) is 0 Å². The number of ether oxygens (including phenoxy) is 1. The highest BCUT2D eigenvalue weighted by Crippen LogP contribution is 2.26. The van der Waals surface area contributed by atoms with Gasteiger partial charge in [-0.2, -0.15) is 0 Å². The molecule has 1 N–H and O–H groups in total. The number of halogens is 1. The molecule has 0 fully saturated rings. The number of hydrogen-bond donors (Lipinski definition) is 1. The van der Waals surface area contributed by atoms with Gasteiger partial charge in [0.1, 0.15) is 5.75 Å². The molecule has 0 aliphatic heterocycles. The molecule has 1 atom stereocenters. The number of rotatable bonds is 6. The Labute approximate surface area is 89.7 Å². The summed E-state index contributed by atoms with van der Waals surface area (Å²) in [7, 11) is 0. The van der Waals surface area contributed by atoms with Gasteiger partial charge in [-0.25, -0.2) is 0 Å². The van der Waals surface area contributed by atoms with Crippen LogP contribution >= 0.6 is 0 Å². The summed E-state index contributed by atoms with van der Waals surface area (Å²) in [6, 6.07) is 7.33. The normalized spacial score (nSPS) is 12.5. The van der Waals surface area contributed by atoms with Gasteiger partial charge in [-0.15, -0.1) is 0 Å². The Kier molecular flexibility index (Phi) is 5.12. The second-order valence-electron chi connectivity index (χ2n) is 3.35. The van der Waals surface area contributed by atoms with Crippen molar-refractivity contribution in [1.82, 2.24) is 0 Å².